The standard InChI is InChI=1S/C21H29N5O.HI/c1-4-22-21(24-19-12-17-10-11-20(19)27-17)23-13-18-14(2)25-26(15(18)3)16-8-6-5-7-9-16;/h5-9,17,19-20H,4,10-13H2,1-3H3,(H2,22,23,24);1H. The number of aliphatic imine (C=N–C) groups is 1. The van der Waals surface area contributed by atoms with Crippen molar-refractivity contribution in [2.45, 2.75) is 64.8 Å². The Bertz CT molecular complexity index is 820. The van der Waals surface area contributed by atoms with Gasteiger partial charge in [-0.25, -0.2) is 9.67 Å². The number of benzene rings is 1. The molecule has 2 bridgehead atoms. The Morgan fingerprint density at radius 1 is 1.25 bits per heavy atom. The number of fused-ring (bicyclic) bond motifs is 2. The van der Waals surface area contributed by atoms with E-state index in [1.54, 1.807) is 0 Å². The molecule has 2 aliphatic heterocycles. The van der Waals surface area contributed by atoms with Crippen molar-refractivity contribution in [1.29, 1.82) is 0 Å². The van der Waals surface area contributed by atoms with Gasteiger partial charge in [0.1, 0.15) is 0 Å². The van der Waals surface area contributed by atoms with Crippen molar-refractivity contribution in [1.82, 2.24) is 20.4 Å². The molecule has 2 aromatic rings. The first-order valence-electron chi connectivity index (χ1n) is 9.96. The van der Waals surface area contributed by atoms with E-state index in [1.807, 2.05) is 22.9 Å². The van der Waals surface area contributed by atoms with Crippen LogP contribution in [0.15, 0.2) is 35.3 Å². The second kappa shape index (κ2) is 9.26. The molecular weight excluding hydrogens is 465 g/mol. The Morgan fingerprint density at radius 3 is 2.68 bits per heavy atom. The van der Waals surface area contributed by atoms with Crippen LogP contribution in [-0.4, -0.2) is 40.5 Å². The molecule has 0 spiro atoms. The van der Waals surface area contributed by atoms with Gasteiger partial charge in [-0.05, 0) is 52.2 Å². The van der Waals surface area contributed by atoms with Gasteiger partial charge in [0.25, 0.3) is 0 Å². The molecule has 28 heavy (non-hydrogen) atoms. The molecule has 7 heteroatoms. The molecule has 0 amide bonds. The number of nitrogens with zero attached hydrogens (tertiary/aromatic N) is 3. The highest BCUT2D eigenvalue weighted by molar-refractivity contribution is 14.0. The normalized spacial score (nSPS) is 23.5. The second-order valence-corrected chi connectivity index (χ2v) is 7.45. The number of para-hydroxylation sites is 1. The van der Waals surface area contributed by atoms with Crippen molar-refractivity contribution in [3.05, 3.63) is 47.3 Å². The molecule has 1 aromatic heterocycles. The Labute approximate surface area is 184 Å². The fourth-order valence-corrected chi connectivity index (χ4v) is 4.17. The third-order valence-electron chi connectivity index (χ3n) is 5.61. The van der Waals surface area contributed by atoms with E-state index in [9.17, 15) is 0 Å². The maximum absolute atomic E-state index is 5.96. The Kier molecular flexibility index (Phi) is 6.98. The Morgan fingerprint density at radius 2 is 2.04 bits per heavy atom. The van der Waals surface area contributed by atoms with Crippen LogP contribution in [0, 0.1) is 13.8 Å². The van der Waals surface area contributed by atoms with Gasteiger partial charge in [-0.2, -0.15) is 5.10 Å². The zero-order valence-corrected chi connectivity index (χ0v) is 19.1. The number of hydrogen-bond acceptors (Lipinski definition) is 3. The van der Waals surface area contributed by atoms with E-state index in [4.69, 9.17) is 14.8 Å². The van der Waals surface area contributed by atoms with Crippen molar-refractivity contribution in [3.63, 3.8) is 0 Å². The van der Waals surface area contributed by atoms with Gasteiger partial charge in [0, 0.05) is 17.8 Å². The summed E-state index contributed by atoms with van der Waals surface area (Å²) in [6.07, 6.45) is 4.21. The van der Waals surface area contributed by atoms with E-state index >= 15 is 0 Å². The third-order valence-corrected chi connectivity index (χ3v) is 5.61. The molecule has 2 fully saturated rings. The van der Waals surface area contributed by atoms with Crippen LogP contribution in [0.5, 0.6) is 0 Å². The fraction of sp³-hybridized carbons (Fsp3) is 0.524. The van der Waals surface area contributed by atoms with Crippen LogP contribution in [0.2, 0.25) is 0 Å². The monoisotopic (exact) mass is 495 g/mol. The number of nitrogens with one attached hydrogen (secondary N) is 2. The first kappa shape index (κ1) is 21.1. The van der Waals surface area contributed by atoms with Gasteiger partial charge in [0.2, 0.25) is 0 Å². The quantitative estimate of drug-likeness (QED) is 0.379. The molecule has 2 N–H and O–H groups in total. The van der Waals surface area contributed by atoms with Crippen LogP contribution in [0.4, 0.5) is 0 Å². The second-order valence-electron chi connectivity index (χ2n) is 7.45. The molecule has 3 atom stereocenters. The van der Waals surface area contributed by atoms with Crippen LogP contribution in [-0.2, 0) is 11.3 Å². The van der Waals surface area contributed by atoms with Crippen LogP contribution in [0.1, 0.15) is 43.1 Å². The van der Waals surface area contributed by atoms with Crippen molar-refractivity contribution < 1.29 is 4.74 Å². The number of hydrogen-bond donors (Lipinski definition) is 2. The summed E-state index contributed by atoms with van der Waals surface area (Å²) in [4.78, 5) is 4.84. The SMILES string of the molecule is CCNC(=NCc1c(C)nn(-c2ccccc2)c1C)NC1CC2CCC1O2.I. The van der Waals surface area contributed by atoms with Crippen molar-refractivity contribution in [2.75, 3.05) is 6.54 Å². The van der Waals surface area contributed by atoms with E-state index in [0.29, 0.717) is 24.8 Å². The summed E-state index contributed by atoms with van der Waals surface area (Å²) in [7, 11) is 0. The lowest BCUT2D eigenvalue weighted by Gasteiger charge is -2.22. The summed E-state index contributed by atoms with van der Waals surface area (Å²) in [5.41, 5.74) is 4.43. The maximum Gasteiger partial charge on any atom is 0.191 e. The minimum absolute atomic E-state index is 0. The van der Waals surface area contributed by atoms with E-state index in [1.165, 1.54) is 12.0 Å². The molecule has 1 aromatic carbocycles. The molecule has 0 radical (unpaired) electrons. The summed E-state index contributed by atoms with van der Waals surface area (Å²) in [5.74, 6) is 0.866. The number of aryl methyl sites for hydroxylation is 1. The van der Waals surface area contributed by atoms with Crippen LogP contribution >= 0.6 is 24.0 Å². The van der Waals surface area contributed by atoms with Gasteiger partial charge < -0.3 is 15.4 Å². The van der Waals surface area contributed by atoms with Crippen molar-refractivity contribution in [2.24, 2.45) is 4.99 Å². The van der Waals surface area contributed by atoms with E-state index in [-0.39, 0.29) is 24.0 Å². The summed E-state index contributed by atoms with van der Waals surface area (Å²) in [6.45, 7) is 7.72. The third kappa shape index (κ3) is 4.35. The Hall–Kier alpha value is -1.61. The van der Waals surface area contributed by atoms with Gasteiger partial charge in [-0.15, -0.1) is 24.0 Å². The lowest BCUT2D eigenvalue weighted by atomic mass is 9.96. The van der Waals surface area contributed by atoms with Crippen molar-refractivity contribution in [3.8, 4) is 5.69 Å². The molecule has 2 saturated heterocycles. The number of guanidine groups is 1. The van der Waals surface area contributed by atoms with Crippen molar-refractivity contribution >= 4 is 29.9 Å². The first-order valence-corrected chi connectivity index (χ1v) is 9.96. The number of halogens is 1. The molecule has 3 heterocycles. The predicted octanol–water partition coefficient (Wildman–Crippen LogP) is 3.48. The highest BCUT2D eigenvalue weighted by Crippen LogP contribution is 2.34. The van der Waals surface area contributed by atoms with Crippen LogP contribution in [0.25, 0.3) is 5.69 Å². The molecule has 0 saturated carbocycles. The molecule has 4 rings (SSSR count). The topological polar surface area (TPSA) is 63.5 Å². The fourth-order valence-electron chi connectivity index (χ4n) is 4.17. The molecule has 6 nitrogen and oxygen atoms in total. The molecular formula is C21H30IN5O. The largest absolute Gasteiger partial charge is 0.373 e. The predicted molar refractivity (Wildman–Crippen MR) is 123 cm³/mol. The first-order chi connectivity index (χ1) is 13.2. The minimum atomic E-state index is 0. The number of ether oxygens (including phenoxy) is 1. The highest BCUT2D eigenvalue weighted by Gasteiger charge is 2.41. The van der Waals surface area contributed by atoms with E-state index < -0.39 is 0 Å². The minimum Gasteiger partial charge on any atom is -0.373 e. The van der Waals surface area contributed by atoms with Gasteiger partial charge in [0.05, 0.1) is 36.2 Å². The average molecular weight is 495 g/mol. The smallest absolute Gasteiger partial charge is 0.191 e. The maximum atomic E-state index is 5.96. The van der Waals surface area contributed by atoms with Crippen LogP contribution in [0.3, 0.4) is 0 Å². The molecule has 3 unspecified atom stereocenters. The summed E-state index contributed by atoms with van der Waals surface area (Å²) in [6, 6.07) is 10.6. The van der Waals surface area contributed by atoms with Gasteiger partial charge in [-0.3, -0.25) is 0 Å². The number of aromatic nitrogens is 2. The van der Waals surface area contributed by atoms with E-state index in [0.717, 1.165) is 42.4 Å². The van der Waals surface area contributed by atoms with Crippen LogP contribution < -0.4 is 10.6 Å². The zero-order chi connectivity index (χ0) is 18.8. The highest BCUT2D eigenvalue weighted by atomic mass is 127. The molecule has 0 aliphatic carbocycles. The van der Waals surface area contributed by atoms with E-state index in [2.05, 4.69) is 43.5 Å². The van der Waals surface area contributed by atoms with Gasteiger partial charge in [-0.1, -0.05) is 18.2 Å². The lowest BCUT2D eigenvalue weighted by Crippen LogP contribution is -2.47. The summed E-state index contributed by atoms with van der Waals surface area (Å²) >= 11 is 0. The summed E-state index contributed by atoms with van der Waals surface area (Å²) < 4.78 is 7.96. The number of rotatable bonds is 5. The average Bonchev–Trinajstić information content (AvgIpc) is 3.36. The zero-order valence-electron chi connectivity index (χ0n) is 16.8. The lowest BCUT2D eigenvalue weighted by molar-refractivity contribution is 0.0992. The molecule has 2 aliphatic rings. The molecule has 152 valence electrons. The van der Waals surface area contributed by atoms with Gasteiger partial charge >= 0.3 is 0 Å². The summed E-state index contributed by atoms with van der Waals surface area (Å²) in [5, 5.41) is 11.7. The van der Waals surface area contributed by atoms with Gasteiger partial charge in [0.15, 0.2) is 5.96 Å². The Balaban J connectivity index is 0.00000225.